The van der Waals surface area contributed by atoms with E-state index in [2.05, 4.69) is 289 Å². The van der Waals surface area contributed by atoms with Crippen molar-refractivity contribution in [2.75, 3.05) is 9.80 Å². The average Bonchev–Trinajstić information content (AvgIpc) is 2.70. The quantitative estimate of drug-likeness (QED) is 0.128. The molecule has 4 heteroatoms. The number of rotatable bonds is 4. The number of fused-ring (bicyclic) bond motifs is 16. The predicted molar refractivity (Wildman–Crippen MR) is 347 cm³/mol. The molecule has 2 aliphatic heterocycles. The number of hydrogen-bond donors (Lipinski definition) is 0. The molecule has 2 heterocycles. The van der Waals surface area contributed by atoms with Crippen molar-refractivity contribution < 1.29 is 0 Å². The normalized spacial score (nSPS) is 13.2. The second-order valence-electron chi connectivity index (χ2n) is 22.2. The molecule has 0 amide bonds. The molecule has 16 aromatic carbocycles. The highest BCUT2D eigenvalue weighted by atomic mass is 15.2. The van der Waals surface area contributed by atoms with Gasteiger partial charge in [0, 0.05) is 55.7 Å². The first-order chi connectivity index (χ1) is 39.7. The van der Waals surface area contributed by atoms with Crippen molar-refractivity contribution in [3.63, 3.8) is 0 Å². The van der Waals surface area contributed by atoms with E-state index >= 15 is 0 Å². The molecule has 0 atom stereocenters. The lowest BCUT2D eigenvalue weighted by atomic mass is 9.33. The van der Waals surface area contributed by atoms with Crippen LogP contribution in [0.3, 0.4) is 0 Å². The van der Waals surface area contributed by atoms with Crippen LogP contribution in [0.5, 0.6) is 0 Å². The van der Waals surface area contributed by atoms with Gasteiger partial charge in [0.1, 0.15) is 0 Å². The van der Waals surface area contributed by atoms with Crippen molar-refractivity contribution in [1.82, 2.24) is 0 Å². The molecule has 0 radical (unpaired) electrons. The van der Waals surface area contributed by atoms with Crippen molar-refractivity contribution in [3.05, 3.63) is 279 Å². The molecule has 0 aromatic heterocycles. The van der Waals surface area contributed by atoms with Crippen LogP contribution in [0.1, 0.15) is 0 Å². The van der Waals surface area contributed by atoms with Gasteiger partial charge in [0.25, 0.3) is 0 Å². The van der Waals surface area contributed by atoms with Gasteiger partial charge in [-0.1, -0.05) is 266 Å². The molecule has 0 saturated heterocycles. The van der Waals surface area contributed by atoms with Gasteiger partial charge in [-0.25, -0.2) is 0 Å². The Morgan fingerprint density at radius 1 is 0.212 bits per heavy atom. The third-order valence-corrected chi connectivity index (χ3v) is 18.1. The van der Waals surface area contributed by atoms with E-state index < -0.39 is 0 Å². The van der Waals surface area contributed by atoms with Crippen LogP contribution in [0.25, 0.3) is 97.0 Å². The van der Waals surface area contributed by atoms with Gasteiger partial charge < -0.3 is 9.80 Å². The summed E-state index contributed by atoms with van der Waals surface area (Å²) in [5, 5.41) is 22.4. The molecule has 366 valence electrons. The summed E-state index contributed by atoms with van der Waals surface area (Å²) >= 11 is 0. The van der Waals surface area contributed by atoms with E-state index in [9.17, 15) is 0 Å². The Bertz CT molecular complexity index is 4980. The summed E-state index contributed by atoms with van der Waals surface area (Å²) in [6, 6.07) is 106. The highest BCUT2D eigenvalue weighted by Crippen LogP contribution is 2.52. The summed E-state index contributed by atoms with van der Waals surface area (Å²) in [4.78, 5) is 5.33. The fourth-order valence-electron chi connectivity index (χ4n) is 14.8. The summed E-state index contributed by atoms with van der Waals surface area (Å²) in [6.45, 7) is -0.217. The van der Waals surface area contributed by atoms with Gasteiger partial charge in [0.05, 0.1) is 0 Å². The van der Waals surface area contributed by atoms with E-state index in [1.54, 1.807) is 0 Å². The highest BCUT2D eigenvalue weighted by Gasteiger charge is 2.43. The molecule has 0 spiro atoms. The lowest BCUT2D eigenvalue weighted by Gasteiger charge is -2.42. The molecule has 16 aromatic rings. The Kier molecular flexibility index (Phi) is 9.15. The van der Waals surface area contributed by atoms with E-state index in [-0.39, 0.29) is 13.4 Å². The van der Waals surface area contributed by atoms with Crippen molar-refractivity contribution in [2.24, 2.45) is 0 Å². The number of benzene rings is 16. The summed E-state index contributed by atoms with van der Waals surface area (Å²) < 4.78 is 0. The van der Waals surface area contributed by atoms with Crippen molar-refractivity contribution >= 4 is 177 Å². The standard InChI is InChI=1S/C76H46B2N2/c1-5-21-53-43-57(37-31-47(53)15-1)77-67-41-35-51-19-9-11-25-61(51)73(67)79(59-39-33-49-17-3-7-23-55(49)45-59)75-65-29-14-28-64-70(65)69-63(71(75)77)27-13-30-66(69)76-72(64)78(58-38-32-48-16-2-6-22-54(48)44-58)68-42-36-52-20-10-12-26-62(52)74(68)80(76)60-40-34-50-18-4-8-24-56(50)46-60/h1-46H. The minimum absolute atomic E-state index is 0.109. The largest absolute Gasteiger partial charge is 0.310 e. The summed E-state index contributed by atoms with van der Waals surface area (Å²) in [6.07, 6.45) is 0. The van der Waals surface area contributed by atoms with Crippen LogP contribution in [0.4, 0.5) is 34.1 Å². The zero-order chi connectivity index (χ0) is 52.2. The van der Waals surface area contributed by atoms with Crippen LogP contribution in [0.2, 0.25) is 0 Å². The number of hydrogen-bond acceptors (Lipinski definition) is 2. The van der Waals surface area contributed by atoms with Crippen molar-refractivity contribution in [1.29, 1.82) is 0 Å². The molecule has 0 fully saturated rings. The first-order valence-electron chi connectivity index (χ1n) is 28.0. The van der Waals surface area contributed by atoms with Gasteiger partial charge in [0.15, 0.2) is 0 Å². The van der Waals surface area contributed by atoms with E-state index in [1.165, 1.54) is 152 Å². The van der Waals surface area contributed by atoms with Crippen LogP contribution < -0.4 is 42.6 Å². The lowest BCUT2D eigenvalue weighted by molar-refractivity contribution is 1.33. The number of anilines is 6. The predicted octanol–water partition coefficient (Wildman–Crippen LogP) is 16.1. The highest BCUT2D eigenvalue weighted by molar-refractivity contribution is 7.01. The zero-order valence-electron chi connectivity index (χ0n) is 43.6. The van der Waals surface area contributed by atoms with Gasteiger partial charge in [-0.2, -0.15) is 0 Å². The topological polar surface area (TPSA) is 6.48 Å². The van der Waals surface area contributed by atoms with Gasteiger partial charge in [0.2, 0.25) is 13.4 Å². The fraction of sp³-hybridized carbons (Fsp3) is 0. The maximum atomic E-state index is 2.66. The molecule has 0 bridgehead atoms. The average molecular weight is 1010 g/mol. The molecular weight excluding hydrogens is 962 g/mol. The van der Waals surface area contributed by atoms with Gasteiger partial charge >= 0.3 is 0 Å². The molecule has 0 N–H and O–H groups in total. The van der Waals surface area contributed by atoms with Crippen LogP contribution in [0, 0.1) is 0 Å². The zero-order valence-corrected chi connectivity index (χ0v) is 43.6. The number of nitrogens with zero attached hydrogens (tertiary/aromatic N) is 2. The van der Waals surface area contributed by atoms with E-state index in [1.807, 2.05) is 0 Å². The molecule has 0 unspecified atom stereocenters. The fourth-order valence-corrected chi connectivity index (χ4v) is 14.8. The molecule has 18 rings (SSSR count). The van der Waals surface area contributed by atoms with Gasteiger partial charge in [-0.15, -0.1) is 0 Å². The summed E-state index contributed by atoms with van der Waals surface area (Å²) in [5.74, 6) is 0. The van der Waals surface area contributed by atoms with Gasteiger partial charge in [-0.3, -0.25) is 0 Å². The van der Waals surface area contributed by atoms with Crippen LogP contribution in [0.15, 0.2) is 279 Å². The lowest BCUT2D eigenvalue weighted by Crippen LogP contribution is -2.58. The molecule has 0 aliphatic carbocycles. The van der Waals surface area contributed by atoms with Crippen molar-refractivity contribution in [2.45, 2.75) is 0 Å². The second kappa shape index (κ2) is 16.7. The first-order valence-corrected chi connectivity index (χ1v) is 28.0. The third kappa shape index (κ3) is 6.16. The third-order valence-electron chi connectivity index (χ3n) is 18.1. The minimum Gasteiger partial charge on any atom is -0.310 e. The Hall–Kier alpha value is -10.2. The molecule has 80 heavy (non-hydrogen) atoms. The first kappa shape index (κ1) is 43.9. The maximum Gasteiger partial charge on any atom is 0.247 e. The Morgan fingerprint density at radius 3 is 0.938 bits per heavy atom. The van der Waals surface area contributed by atoms with E-state index in [0.717, 1.165) is 11.4 Å². The van der Waals surface area contributed by atoms with E-state index in [4.69, 9.17) is 0 Å². The van der Waals surface area contributed by atoms with Gasteiger partial charge in [-0.05, 0) is 122 Å². The molecular formula is C76H46B2N2. The smallest absolute Gasteiger partial charge is 0.247 e. The Labute approximate surface area is 463 Å². The van der Waals surface area contributed by atoms with Crippen LogP contribution in [-0.2, 0) is 0 Å². The molecule has 2 nitrogen and oxygen atoms in total. The van der Waals surface area contributed by atoms with Crippen molar-refractivity contribution in [3.8, 4) is 0 Å². The Morgan fingerprint density at radius 2 is 0.525 bits per heavy atom. The second-order valence-corrected chi connectivity index (χ2v) is 22.2. The summed E-state index contributed by atoms with van der Waals surface area (Å²) in [5.41, 5.74) is 15.1. The SMILES string of the molecule is c1ccc2cc(B3c4ccc5ccccc5c4N(c4ccc5ccccc5c4)c4c3c3cccc5c6c(c7cccc4c7c35)B(c3ccc4ccccc4c3)c3ccc4ccccc4c3N6c3ccc4ccccc4c3)ccc2c1. The minimum atomic E-state index is -0.109. The monoisotopic (exact) mass is 1010 g/mol. The van der Waals surface area contributed by atoms with Crippen LogP contribution >= 0.6 is 0 Å². The summed E-state index contributed by atoms with van der Waals surface area (Å²) in [7, 11) is 0. The Balaban J connectivity index is 1.05. The molecule has 2 aliphatic rings. The van der Waals surface area contributed by atoms with Crippen LogP contribution in [-0.4, -0.2) is 13.4 Å². The molecule has 0 saturated carbocycles. The van der Waals surface area contributed by atoms with E-state index in [0.29, 0.717) is 0 Å². The maximum absolute atomic E-state index is 2.66.